The van der Waals surface area contributed by atoms with Crippen LogP contribution in [0.2, 0.25) is 0 Å². The number of thiol groups is 1. The predicted octanol–water partition coefficient (Wildman–Crippen LogP) is 3.97. The molecule has 0 unspecified atom stereocenters. The van der Waals surface area contributed by atoms with Crippen LogP contribution in [0.3, 0.4) is 0 Å². The number of carbonyl (C=O) groups is 1. The smallest absolute Gasteiger partial charge is 0.312 e. The Bertz CT molecular complexity index is 1060. The minimum absolute atomic E-state index is 0.0277. The highest BCUT2D eigenvalue weighted by Crippen LogP contribution is 2.30. The molecule has 0 radical (unpaired) electrons. The summed E-state index contributed by atoms with van der Waals surface area (Å²) in [6.45, 7) is 5.27. The molecular formula is C18H18N4O5S. The number of fused-ring (bicyclic) bond motifs is 1. The molecule has 0 aliphatic carbocycles. The second kappa shape index (κ2) is 7.47. The number of carbonyl (C=O) groups excluding carboxylic acids is 1. The first-order chi connectivity index (χ1) is 13.1. The first-order valence-corrected chi connectivity index (χ1v) is 8.75. The summed E-state index contributed by atoms with van der Waals surface area (Å²) in [5.41, 5.74) is -0.258. The van der Waals surface area contributed by atoms with E-state index in [1.807, 2.05) is 0 Å². The van der Waals surface area contributed by atoms with E-state index in [-0.39, 0.29) is 35.2 Å². The van der Waals surface area contributed by atoms with Crippen LogP contribution in [-0.2, 0) is 16.3 Å². The van der Waals surface area contributed by atoms with Gasteiger partial charge in [0.15, 0.2) is 17.5 Å². The highest BCUT2D eigenvalue weighted by molar-refractivity contribution is 7.80. The number of hydrogen-bond donors (Lipinski definition) is 1. The van der Waals surface area contributed by atoms with E-state index >= 15 is 0 Å². The fourth-order valence-electron chi connectivity index (χ4n) is 2.33. The molecular weight excluding hydrogens is 384 g/mol. The molecule has 0 aliphatic heterocycles. The number of esters is 1. The third kappa shape index (κ3) is 4.22. The molecule has 0 aliphatic rings. The Balaban J connectivity index is 1.90. The van der Waals surface area contributed by atoms with Gasteiger partial charge in [0.2, 0.25) is 5.88 Å². The molecule has 0 N–H and O–H groups in total. The van der Waals surface area contributed by atoms with Crippen LogP contribution >= 0.6 is 12.6 Å². The van der Waals surface area contributed by atoms with E-state index in [4.69, 9.17) is 9.47 Å². The fourth-order valence-corrected chi connectivity index (χ4v) is 2.51. The monoisotopic (exact) mass is 402 g/mol. The third-order valence-corrected chi connectivity index (χ3v) is 3.96. The summed E-state index contributed by atoms with van der Waals surface area (Å²) in [5, 5.41) is 11.6. The average molecular weight is 402 g/mol. The number of aromatic nitrogens is 3. The summed E-state index contributed by atoms with van der Waals surface area (Å²) in [7, 11) is 0. The largest absolute Gasteiger partial charge is 0.443 e. The Morgan fingerprint density at radius 1 is 1.29 bits per heavy atom. The van der Waals surface area contributed by atoms with Crippen molar-refractivity contribution in [3.8, 4) is 11.6 Å². The highest BCUT2D eigenvalue weighted by atomic mass is 32.1. The van der Waals surface area contributed by atoms with Crippen molar-refractivity contribution in [1.29, 1.82) is 0 Å². The topological polar surface area (TPSA) is 109 Å². The van der Waals surface area contributed by atoms with Crippen molar-refractivity contribution in [2.75, 3.05) is 0 Å². The summed E-state index contributed by atoms with van der Waals surface area (Å²) in [5.74, 6) is 0.104. The number of non-ortho nitro benzene ring substituents is 1. The molecule has 3 aromatic rings. The van der Waals surface area contributed by atoms with E-state index in [0.29, 0.717) is 11.0 Å². The molecule has 10 heteroatoms. The van der Waals surface area contributed by atoms with Gasteiger partial charge in [0.25, 0.3) is 5.69 Å². The van der Waals surface area contributed by atoms with Crippen LogP contribution in [0.15, 0.2) is 41.7 Å². The van der Waals surface area contributed by atoms with Crippen LogP contribution in [0.25, 0.3) is 11.0 Å². The Labute approximate surface area is 165 Å². The van der Waals surface area contributed by atoms with Crippen molar-refractivity contribution >= 4 is 35.3 Å². The van der Waals surface area contributed by atoms with E-state index in [9.17, 15) is 14.9 Å². The third-order valence-electron chi connectivity index (χ3n) is 3.76. The van der Waals surface area contributed by atoms with Gasteiger partial charge in [0.1, 0.15) is 5.75 Å². The number of nitrogens with zero attached hydrogens (tertiary/aromatic N) is 4. The molecule has 0 spiro atoms. The Kier molecular flexibility index (Phi) is 5.23. The number of nitro groups is 1. The lowest BCUT2D eigenvalue weighted by Crippen LogP contribution is -2.23. The molecule has 0 saturated heterocycles. The van der Waals surface area contributed by atoms with Crippen LogP contribution in [0.4, 0.5) is 5.69 Å². The van der Waals surface area contributed by atoms with E-state index in [1.165, 1.54) is 18.2 Å². The van der Waals surface area contributed by atoms with Crippen molar-refractivity contribution < 1.29 is 19.2 Å². The second-order valence-corrected chi connectivity index (χ2v) is 7.42. The number of nitro benzene ring substituents is 1. The molecule has 2 heterocycles. The van der Waals surface area contributed by atoms with Gasteiger partial charge in [-0.15, -0.1) is 12.6 Å². The lowest BCUT2D eigenvalue weighted by Gasteiger charge is -2.17. The van der Waals surface area contributed by atoms with Gasteiger partial charge < -0.3 is 9.47 Å². The molecule has 0 saturated carbocycles. The van der Waals surface area contributed by atoms with E-state index in [2.05, 4.69) is 22.6 Å². The second-order valence-electron chi connectivity index (χ2n) is 7.02. The summed E-state index contributed by atoms with van der Waals surface area (Å²) < 4.78 is 12.7. The number of benzene rings is 1. The molecule has 0 amide bonds. The van der Waals surface area contributed by atoms with Crippen molar-refractivity contribution in [2.24, 2.45) is 5.41 Å². The summed E-state index contributed by atoms with van der Waals surface area (Å²) in [6.07, 6.45) is 1.68. The van der Waals surface area contributed by atoms with Crippen LogP contribution in [0.5, 0.6) is 11.6 Å². The van der Waals surface area contributed by atoms with Gasteiger partial charge in [-0.2, -0.15) is 4.98 Å². The van der Waals surface area contributed by atoms with Crippen LogP contribution in [0, 0.1) is 15.5 Å². The van der Waals surface area contributed by atoms with Crippen LogP contribution in [-0.4, -0.2) is 25.4 Å². The van der Waals surface area contributed by atoms with Crippen molar-refractivity contribution in [3.63, 3.8) is 0 Å². The highest BCUT2D eigenvalue weighted by Gasteiger charge is 2.23. The number of ether oxygens (including phenoxy) is 2. The predicted molar refractivity (Wildman–Crippen MR) is 103 cm³/mol. The normalized spacial score (nSPS) is 11.4. The van der Waals surface area contributed by atoms with Gasteiger partial charge in [-0.3, -0.25) is 19.5 Å². The molecule has 28 heavy (non-hydrogen) atoms. The minimum Gasteiger partial charge on any atom is -0.443 e. The van der Waals surface area contributed by atoms with Gasteiger partial charge in [-0.1, -0.05) is 6.07 Å². The Hall–Kier alpha value is -3.14. The number of rotatable bonds is 5. The zero-order valence-corrected chi connectivity index (χ0v) is 16.3. The first kappa shape index (κ1) is 19.6. The molecule has 1 aromatic carbocycles. The van der Waals surface area contributed by atoms with Crippen molar-refractivity contribution in [3.05, 3.63) is 46.6 Å². The zero-order valence-electron chi connectivity index (χ0n) is 15.4. The van der Waals surface area contributed by atoms with E-state index < -0.39 is 10.3 Å². The fraction of sp³-hybridized carbons (Fsp3) is 0.278. The van der Waals surface area contributed by atoms with Gasteiger partial charge >= 0.3 is 5.97 Å². The molecule has 0 atom stereocenters. The van der Waals surface area contributed by atoms with Gasteiger partial charge in [-0.25, -0.2) is 4.98 Å². The van der Waals surface area contributed by atoms with Crippen LogP contribution < -0.4 is 4.74 Å². The molecule has 0 fully saturated rings. The Morgan fingerprint density at radius 3 is 2.71 bits per heavy atom. The Morgan fingerprint density at radius 2 is 2.04 bits per heavy atom. The summed E-state index contributed by atoms with van der Waals surface area (Å²) >= 11 is 4.19. The van der Waals surface area contributed by atoms with E-state index in [0.717, 1.165) is 0 Å². The maximum atomic E-state index is 12.0. The lowest BCUT2D eigenvalue weighted by atomic mass is 9.98. The first-order valence-electron chi connectivity index (χ1n) is 8.30. The molecule has 3 rings (SSSR count). The summed E-state index contributed by atoms with van der Waals surface area (Å²) in [6, 6.07) is 7.48. The molecule has 146 valence electrons. The van der Waals surface area contributed by atoms with E-state index in [1.54, 1.807) is 43.7 Å². The lowest BCUT2D eigenvalue weighted by molar-refractivity contribution is -0.384. The van der Waals surface area contributed by atoms with Crippen molar-refractivity contribution in [1.82, 2.24) is 14.5 Å². The minimum atomic E-state index is -0.622. The van der Waals surface area contributed by atoms with Gasteiger partial charge in [0, 0.05) is 12.3 Å². The SMILES string of the molecule is CC(C)(C)C(=O)OCn1ccc2c(Oc3cccc([N+](=O)[O-])c3)nc(S)nc21. The molecule has 2 aromatic heterocycles. The average Bonchev–Trinajstić information content (AvgIpc) is 3.02. The maximum Gasteiger partial charge on any atom is 0.312 e. The molecule has 9 nitrogen and oxygen atoms in total. The zero-order chi connectivity index (χ0) is 20.5. The van der Waals surface area contributed by atoms with Gasteiger partial charge in [-0.05, 0) is 32.9 Å². The summed E-state index contributed by atoms with van der Waals surface area (Å²) in [4.78, 5) is 30.8. The number of hydrogen-bond acceptors (Lipinski definition) is 8. The quantitative estimate of drug-likeness (QED) is 0.226. The van der Waals surface area contributed by atoms with Gasteiger partial charge in [0.05, 0.1) is 21.8 Å². The van der Waals surface area contributed by atoms with Crippen molar-refractivity contribution in [2.45, 2.75) is 32.7 Å². The van der Waals surface area contributed by atoms with Crippen LogP contribution in [0.1, 0.15) is 20.8 Å². The maximum absolute atomic E-state index is 12.0. The molecule has 0 bridgehead atoms. The standard InChI is InChI=1S/C18H18N4O5S/c1-18(2,3)16(23)26-10-21-8-7-13-14(21)19-17(28)20-15(13)27-12-6-4-5-11(9-12)22(24)25/h4-9H,10H2,1-3H3,(H,19,20,28).